The van der Waals surface area contributed by atoms with Gasteiger partial charge in [0.05, 0.1) is 15.4 Å². The van der Waals surface area contributed by atoms with E-state index in [0.29, 0.717) is 6.54 Å². The summed E-state index contributed by atoms with van der Waals surface area (Å²) in [5.74, 6) is -0.930. The summed E-state index contributed by atoms with van der Waals surface area (Å²) < 4.78 is 41.3. The summed E-state index contributed by atoms with van der Waals surface area (Å²) in [6, 6.07) is 9.19. The average molecular weight is 379 g/mol. The number of benzene rings is 2. The molecule has 0 aliphatic carbocycles. The van der Waals surface area contributed by atoms with Gasteiger partial charge in [0, 0.05) is 18.7 Å². The van der Waals surface area contributed by atoms with E-state index < -0.39 is 31.3 Å². The highest BCUT2D eigenvalue weighted by molar-refractivity contribution is 7.89. The fraction of sp³-hybridized carbons (Fsp3) is 0.294. The number of halogens is 1. The number of nitrogens with zero attached hydrogens (tertiary/aromatic N) is 1. The van der Waals surface area contributed by atoms with Gasteiger partial charge in [0.15, 0.2) is 0 Å². The average Bonchev–Trinajstić information content (AvgIpc) is 2.61. The lowest BCUT2D eigenvalue weighted by Gasteiger charge is -2.27. The molecule has 0 bridgehead atoms. The summed E-state index contributed by atoms with van der Waals surface area (Å²) in [4.78, 5) is 9.75. The van der Waals surface area contributed by atoms with Crippen LogP contribution in [0.25, 0.3) is 0 Å². The smallest absolute Gasteiger partial charge is 0.276 e. The van der Waals surface area contributed by atoms with E-state index >= 15 is 0 Å². The summed E-state index contributed by atoms with van der Waals surface area (Å²) in [5, 5.41) is 14.2. The standard InChI is InChI=1S/C17H18FN3O4S/c1-11-15(18)8-13(9-17(11)21(22)23)26(24,25)20-10-16-14-5-3-2-4-12(14)6-7-19-16/h2-5,8-9,16,19-20H,6-7,10H2,1H3. The number of nitro groups is 1. The normalized spacial score (nSPS) is 16.9. The van der Waals surface area contributed by atoms with Crippen LogP contribution in [0.5, 0.6) is 0 Å². The summed E-state index contributed by atoms with van der Waals surface area (Å²) in [6.45, 7) is 2.01. The summed E-state index contributed by atoms with van der Waals surface area (Å²) >= 11 is 0. The maximum absolute atomic E-state index is 13.9. The highest BCUT2D eigenvalue weighted by Crippen LogP contribution is 2.26. The van der Waals surface area contributed by atoms with E-state index in [2.05, 4.69) is 10.0 Å². The number of fused-ring (bicyclic) bond motifs is 1. The first-order valence-electron chi connectivity index (χ1n) is 8.05. The third-order valence-corrected chi connectivity index (χ3v) is 5.89. The van der Waals surface area contributed by atoms with Gasteiger partial charge in [-0.25, -0.2) is 17.5 Å². The lowest BCUT2D eigenvalue weighted by Crippen LogP contribution is -2.38. The van der Waals surface area contributed by atoms with Crippen molar-refractivity contribution >= 4 is 15.7 Å². The Bertz CT molecular complexity index is 962. The highest BCUT2D eigenvalue weighted by Gasteiger charge is 2.25. The van der Waals surface area contributed by atoms with Crippen molar-refractivity contribution in [2.24, 2.45) is 0 Å². The molecule has 1 heterocycles. The van der Waals surface area contributed by atoms with Crippen molar-refractivity contribution < 1.29 is 17.7 Å². The Morgan fingerprint density at radius 1 is 1.35 bits per heavy atom. The van der Waals surface area contributed by atoms with Crippen LogP contribution in [0.3, 0.4) is 0 Å². The maximum Gasteiger partial charge on any atom is 0.276 e. The van der Waals surface area contributed by atoms with Crippen LogP contribution in [-0.2, 0) is 16.4 Å². The van der Waals surface area contributed by atoms with Crippen molar-refractivity contribution in [1.29, 1.82) is 0 Å². The van der Waals surface area contributed by atoms with Crippen molar-refractivity contribution in [3.05, 3.63) is 69.0 Å². The fourth-order valence-corrected chi connectivity index (χ4v) is 4.11. The predicted octanol–water partition coefficient (Wildman–Crippen LogP) is 2.21. The molecule has 2 N–H and O–H groups in total. The van der Waals surface area contributed by atoms with Gasteiger partial charge in [-0.15, -0.1) is 0 Å². The van der Waals surface area contributed by atoms with Crippen LogP contribution < -0.4 is 10.0 Å². The molecule has 0 amide bonds. The minimum Gasteiger partial charge on any atom is -0.308 e. The Kier molecular flexibility index (Phi) is 5.03. The van der Waals surface area contributed by atoms with E-state index in [-0.39, 0.29) is 18.2 Å². The summed E-state index contributed by atoms with van der Waals surface area (Å²) in [6.07, 6.45) is 0.856. The monoisotopic (exact) mass is 379 g/mol. The van der Waals surface area contributed by atoms with Gasteiger partial charge in [-0.2, -0.15) is 0 Å². The molecule has 0 fully saturated rings. The molecule has 1 atom stereocenters. The van der Waals surface area contributed by atoms with E-state index in [4.69, 9.17) is 0 Å². The molecule has 3 rings (SSSR count). The molecule has 1 aliphatic rings. The first-order valence-corrected chi connectivity index (χ1v) is 9.53. The van der Waals surface area contributed by atoms with Gasteiger partial charge in [0.25, 0.3) is 5.69 Å². The first-order chi connectivity index (χ1) is 12.3. The van der Waals surface area contributed by atoms with Crippen LogP contribution in [0.1, 0.15) is 22.7 Å². The van der Waals surface area contributed by atoms with Crippen LogP contribution in [-0.4, -0.2) is 26.4 Å². The number of rotatable bonds is 5. The van der Waals surface area contributed by atoms with Gasteiger partial charge in [0.2, 0.25) is 10.0 Å². The molecule has 7 nitrogen and oxygen atoms in total. The second-order valence-electron chi connectivity index (χ2n) is 6.11. The van der Waals surface area contributed by atoms with Crippen molar-refractivity contribution in [3.63, 3.8) is 0 Å². The van der Waals surface area contributed by atoms with Crippen molar-refractivity contribution in [1.82, 2.24) is 10.0 Å². The molecule has 0 spiro atoms. The number of nitro benzene ring substituents is 1. The summed E-state index contributed by atoms with van der Waals surface area (Å²) in [7, 11) is -4.09. The Labute approximate surface area is 150 Å². The number of nitrogens with one attached hydrogen (secondary N) is 2. The Hall–Kier alpha value is -2.36. The molecular weight excluding hydrogens is 361 g/mol. The zero-order chi connectivity index (χ0) is 18.9. The summed E-state index contributed by atoms with van der Waals surface area (Å²) in [5.41, 5.74) is 1.39. The SMILES string of the molecule is Cc1c(F)cc(S(=O)(=O)NCC2NCCc3ccccc32)cc1[N+](=O)[O-]. The Balaban J connectivity index is 1.84. The van der Waals surface area contributed by atoms with Gasteiger partial charge in [-0.3, -0.25) is 10.1 Å². The van der Waals surface area contributed by atoms with Crippen molar-refractivity contribution in [2.45, 2.75) is 24.3 Å². The van der Waals surface area contributed by atoms with Crippen LogP contribution in [0.2, 0.25) is 0 Å². The van der Waals surface area contributed by atoms with E-state index in [0.717, 1.165) is 29.7 Å². The zero-order valence-corrected chi connectivity index (χ0v) is 14.8. The molecule has 0 aromatic heterocycles. The van der Waals surface area contributed by atoms with Gasteiger partial charge in [0.1, 0.15) is 5.82 Å². The van der Waals surface area contributed by atoms with Crippen molar-refractivity contribution in [3.8, 4) is 0 Å². The van der Waals surface area contributed by atoms with E-state index in [9.17, 15) is 22.9 Å². The second-order valence-corrected chi connectivity index (χ2v) is 7.88. The van der Waals surface area contributed by atoms with Crippen LogP contribution in [0.15, 0.2) is 41.3 Å². The molecule has 26 heavy (non-hydrogen) atoms. The number of sulfonamides is 1. The zero-order valence-electron chi connectivity index (χ0n) is 14.0. The molecule has 1 aliphatic heterocycles. The van der Waals surface area contributed by atoms with Gasteiger partial charge in [-0.1, -0.05) is 24.3 Å². The molecule has 1 unspecified atom stereocenters. The van der Waals surface area contributed by atoms with E-state index in [1.165, 1.54) is 6.92 Å². The topological polar surface area (TPSA) is 101 Å². The molecule has 2 aromatic rings. The molecular formula is C17H18FN3O4S. The maximum atomic E-state index is 13.9. The third-order valence-electron chi connectivity index (χ3n) is 4.49. The lowest BCUT2D eigenvalue weighted by atomic mass is 9.95. The van der Waals surface area contributed by atoms with Gasteiger partial charge >= 0.3 is 0 Å². The third kappa shape index (κ3) is 3.59. The van der Waals surface area contributed by atoms with Crippen LogP contribution in [0.4, 0.5) is 10.1 Å². The van der Waals surface area contributed by atoms with Crippen molar-refractivity contribution in [2.75, 3.05) is 13.1 Å². The Morgan fingerprint density at radius 3 is 2.81 bits per heavy atom. The molecule has 2 aromatic carbocycles. The predicted molar refractivity (Wildman–Crippen MR) is 93.9 cm³/mol. The van der Waals surface area contributed by atoms with Crippen LogP contribution in [0, 0.1) is 22.9 Å². The largest absolute Gasteiger partial charge is 0.308 e. The number of hydrogen-bond acceptors (Lipinski definition) is 5. The van der Waals surface area contributed by atoms with E-state index in [1.54, 1.807) is 0 Å². The van der Waals surface area contributed by atoms with Crippen LogP contribution >= 0.6 is 0 Å². The van der Waals surface area contributed by atoms with Gasteiger partial charge in [-0.05, 0) is 37.1 Å². The van der Waals surface area contributed by atoms with Gasteiger partial charge < -0.3 is 5.32 Å². The highest BCUT2D eigenvalue weighted by atomic mass is 32.2. The second kappa shape index (κ2) is 7.10. The quantitative estimate of drug-likeness (QED) is 0.613. The molecule has 138 valence electrons. The Morgan fingerprint density at radius 2 is 2.08 bits per heavy atom. The lowest BCUT2D eigenvalue weighted by molar-refractivity contribution is -0.385. The van der Waals surface area contributed by atoms with E-state index in [1.807, 2.05) is 24.3 Å². The minimum absolute atomic E-state index is 0.0582. The number of hydrogen-bond donors (Lipinski definition) is 2. The molecule has 9 heteroatoms. The molecule has 0 saturated carbocycles. The first kappa shape index (κ1) is 18.4. The minimum atomic E-state index is -4.09. The molecule has 0 saturated heterocycles. The molecule has 0 radical (unpaired) electrons. The fourth-order valence-electron chi connectivity index (χ4n) is 3.04.